The van der Waals surface area contributed by atoms with Crippen LogP contribution in [0.25, 0.3) is 50.1 Å². The average molecular weight is 526 g/mol. The fourth-order valence-electron chi connectivity index (χ4n) is 5.55. The van der Waals surface area contributed by atoms with Gasteiger partial charge in [-0.25, -0.2) is 9.50 Å². The van der Waals surface area contributed by atoms with Crippen LogP contribution in [0, 0.1) is 13.8 Å². The highest BCUT2D eigenvalue weighted by molar-refractivity contribution is 5.97. The van der Waals surface area contributed by atoms with Crippen molar-refractivity contribution in [2.75, 3.05) is 24.5 Å². The summed E-state index contributed by atoms with van der Waals surface area (Å²) in [6, 6.07) is 20.6. The summed E-state index contributed by atoms with van der Waals surface area (Å²) in [5.41, 5.74) is 10.9. The van der Waals surface area contributed by atoms with Gasteiger partial charge in [-0.05, 0) is 78.6 Å². The molecule has 8 nitrogen and oxygen atoms in total. The number of carbonyl (C=O) groups is 1. The topological polar surface area (TPSA) is 88.3 Å². The molecule has 5 heterocycles. The molecule has 196 valence electrons. The van der Waals surface area contributed by atoms with Gasteiger partial charge in [0.1, 0.15) is 0 Å². The van der Waals surface area contributed by atoms with Gasteiger partial charge < -0.3 is 10.2 Å². The van der Waals surface area contributed by atoms with E-state index in [4.69, 9.17) is 10.1 Å². The van der Waals surface area contributed by atoms with Crippen LogP contribution in [0.15, 0.2) is 85.5 Å². The molecule has 40 heavy (non-hydrogen) atoms. The normalized spacial score (nSPS) is 13.8. The molecule has 6 aromatic rings. The number of piperazine rings is 1. The Bertz CT molecular complexity index is 1910. The molecule has 1 fully saturated rings. The SMILES string of the molecule is Cc1cc(N2CCNCC2=O)ccc1-c1cc2ncc(-c3ccnc4cc(-c5ccncc5)ccc34)n2nc1C. The summed E-state index contributed by atoms with van der Waals surface area (Å²) in [6.07, 6.45) is 7.31. The van der Waals surface area contributed by atoms with Crippen LogP contribution in [-0.4, -0.2) is 50.1 Å². The van der Waals surface area contributed by atoms with Gasteiger partial charge in [-0.1, -0.05) is 18.2 Å². The number of hydrogen-bond donors (Lipinski definition) is 1. The molecule has 1 aliphatic rings. The Kier molecular flexibility index (Phi) is 5.82. The lowest BCUT2D eigenvalue weighted by Crippen LogP contribution is -2.48. The van der Waals surface area contributed by atoms with Crippen molar-refractivity contribution in [3.05, 3.63) is 96.7 Å². The quantitative estimate of drug-likeness (QED) is 0.339. The van der Waals surface area contributed by atoms with Gasteiger partial charge in [0.05, 0.1) is 29.6 Å². The first kappa shape index (κ1) is 24.1. The van der Waals surface area contributed by atoms with Gasteiger partial charge in [0.15, 0.2) is 5.65 Å². The maximum atomic E-state index is 12.4. The second-order valence-electron chi connectivity index (χ2n) is 10.1. The third kappa shape index (κ3) is 4.10. The maximum Gasteiger partial charge on any atom is 0.240 e. The minimum absolute atomic E-state index is 0.0970. The van der Waals surface area contributed by atoms with Crippen molar-refractivity contribution in [2.45, 2.75) is 13.8 Å². The number of carbonyl (C=O) groups excluding carboxylic acids is 1. The van der Waals surface area contributed by atoms with Crippen molar-refractivity contribution in [1.82, 2.24) is 29.9 Å². The Labute approximate surface area is 231 Å². The fraction of sp³-hybridized carbons (Fsp3) is 0.156. The van der Waals surface area contributed by atoms with Gasteiger partial charge >= 0.3 is 0 Å². The molecule has 8 heteroatoms. The van der Waals surface area contributed by atoms with Gasteiger partial charge in [0.25, 0.3) is 0 Å². The number of aromatic nitrogens is 5. The number of pyridine rings is 2. The number of hydrogen-bond acceptors (Lipinski definition) is 6. The summed E-state index contributed by atoms with van der Waals surface area (Å²) in [5, 5.41) is 9.15. The monoisotopic (exact) mass is 525 g/mol. The molecule has 0 atom stereocenters. The van der Waals surface area contributed by atoms with E-state index in [-0.39, 0.29) is 5.91 Å². The maximum absolute atomic E-state index is 12.4. The number of nitrogens with zero attached hydrogens (tertiary/aromatic N) is 6. The Morgan fingerprint density at radius 3 is 2.52 bits per heavy atom. The molecule has 0 saturated carbocycles. The smallest absolute Gasteiger partial charge is 0.240 e. The number of imidazole rings is 1. The number of nitrogens with one attached hydrogen (secondary N) is 1. The first-order chi connectivity index (χ1) is 19.6. The largest absolute Gasteiger partial charge is 0.310 e. The Balaban J connectivity index is 1.27. The number of aryl methyl sites for hydroxylation is 2. The Morgan fingerprint density at radius 2 is 1.70 bits per heavy atom. The molecule has 7 rings (SSSR count). The molecule has 2 aromatic carbocycles. The van der Waals surface area contributed by atoms with Crippen molar-refractivity contribution in [1.29, 1.82) is 0 Å². The van der Waals surface area contributed by atoms with Crippen LogP contribution in [0.2, 0.25) is 0 Å². The van der Waals surface area contributed by atoms with E-state index in [1.165, 1.54) is 0 Å². The lowest BCUT2D eigenvalue weighted by molar-refractivity contribution is -0.118. The number of rotatable bonds is 4. The summed E-state index contributed by atoms with van der Waals surface area (Å²) in [6.45, 7) is 5.96. The van der Waals surface area contributed by atoms with E-state index in [2.05, 4.69) is 58.6 Å². The molecule has 1 saturated heterocycles. The third-order valence-electron chi connectivity index (χ3n) is 7.61. The van der Waals surface area contributed by atoms with Crippen LogP contribution in [0.4, 0.5) is 5.69 Å². The molecular formula is C32H27N7O. The van der Waals surface area contributed by atoms with Crippen molar-refractivity contribution in [3.8, 4) is 33.5 Å². The van der Waals surface area contributed by atoms with Crippen LogP contribution in [0.3, 0.4) is 0 Å². The van der Waals surface area contributed by atoms with Gasteiger partial charge in [-0.2, -0.15) is 5.10 Å². The van der Waals surface area contributed by atoms with E-state index in [9.17, 15) is 4.79 Å². The molecule has 0 spiro atoms. The second kappa shape index (κ2) is 9.66. The Morgan fingerprint density at radius 1 is 0.825 bits per heavy atom. The van der Waals surface area contributed by atoms with E-state index < -0.39 is 0 Å². The van der Waals surface area contributed by atoms with Crippen LogP contribution in [-0.2, 0) is 4.79 Å². The molecule has 0 unspecified atom stereocenters. The lowest BCUT2D eigenvalue weighted by Gasteiger charge is -2.28. The minimum atomic E-state index is 0.0970. The first-order valence-corrected chi connectivity index (χ1v) is 13.3. The summed E-state index contributed by atoms with van der Waals surface area (Å²) < 4.78 is 1.91. The highest BCUT2D eigenvalue weighted by atomic mass is 16.2. The summed E-state index contributed by atoms with van der Waals surface area (Å²) in [5.74, 6) is 0.0970. The third-order valence-corrected chi connectivity index (χ3v) is 7.61. The van der Waals surface area contributed by atoms with Crippen LogP contribution >= 0.6 is 0 Å². The summed E-state index contributed by atoms with van der Waals surface area (Å²) >= 11 is 0. The van der Waals surface area contributed by atoms with Crippen LogP contribution in [0.1, 0.15) is 11.3 Å². The zero-order valence-electron chi connectivity index (χ0n) is 22.3. The highest BCUT2D eigenvalue weighted by Crippen LogP contribution is 2.34. The van der Waals surface area contributed by atoms with E-state index >= 15 is 0 Å². The molecule has 1 N–H and O–H groups in total. The summed E-state index contributed by atoms with van der Waals surface area (Å²) in [7, 11) is 0. The zero-order valence-corrected chi connectivity index (χ0v) is 22.3. The average Bonchev–Trinajstić information content (AvgIpc) is 3.39. The van der Waals surface area contributed by atoms with Gasteiger partial charge in [-0.3, -0.25) is 14.8 Å². The first-order valence-electron chi connectivity index (χ1n) is 13.3. The summed E-state index contributed by atoms with van der Waals surface area (Å²) in [4.78, 5) is 27.7. The van der Waals surface area contributed by atoms with Gasteiger partial charge in [0, 0.05) is 53.9 Å². The number of anilines is 1. The van der Waals surface area contributed by atoms with E-state index in [1.54, 1.807) is 12.4 Å². The lowest BCUT2D eigenvalue weighted by atomic mass is 9.99. The highest BCUT2D eigenvalue weighted by Gasteiger charge is 2.21. The molecule has 0 bridgehead atoms. The fourth-order valence-corrected chi connectivity index (χ4v) is 5.55. The number of fused-ring (bicyclic) bond motifs is 2. The molecule has 0 aliphatic carbocycles. The Hall–Kier alpha value is -4.95. The van der Waals surface area contributed by atoms with Gasteiger partial charge in [-0.15, -0.1) is 0 Å². The predicted molar refractivity (Wildman–Crippen MR) is 157 cm³/mol. The standard InChI is InChI=1S/C32H27N7O/c1-20-15-24(38-14-13-34-19-32(38)40)4-6-25(20)28-17-31-36-18-30(39(31)37-21(28)2)27-9-12-35-29-16-23(3-5-26(27)29)22-7-10-33-11-8-22/h3-12,15-18,34H,13-14,19H2,1-2H3. The van der Waals surface area contributed by atoms with Crippen molar-refractivity contribution >= 4 is 28.1 Å². The van der Waals surface area contributed by atoms with E-state index in [0.29, 0.717) is 13.1 Å². The molecular weight excluding hydrogens is 498 g/mol. The van der Waals surface area contributed by atoms with Crippen molar-refractivity contribution in [2.24, 2.45) is 0 Å². The minimum Gasteiger partial charge on any atom is -0.310 e. The van der Waals surface area contributed by atoms with Crippen LogP contribution < -0.4 is 10.2 Å². The molecule has 1 amide bonds. The predicted octanol–water partition coefficient (Wildman–Crippen LogP) is 5.23. The molecule has 4 aromatic heterocycles. The number of benzene rings is 2. The van der Waals surface area contributed by atoms with Crippen molar-refractivity contribution < 1.29 is 4.79 Å². The number of amides is 1. The molecule has 1 aliphatic heterocycles. The second-order valence-corrected chi connectivity index (χ2v) is 10.1. The zero-order chi connectivity index (χ0) is 27.2. The van der Waals surface area contributed by atoms with Crippen LogP contribution in [0.5, 0.6) is 0 Å². The molecule has 0 radical (unpaired) electrons. The van der Waals surface area contributed by atoms with Gasteiger partial charge in [0.2, 0.25) is 5.91 Å². The van der Waals surface area contributed by atoms with Crippen molar-refractivity contribution in [3.63, 3.8) is 0 Å². The van der Waals surface area contributed by atoms with E-state index in [1.807, 2.05) is 53.0 Å². The van der Waals surface area contributed by atoms with E-state index in [0.717, 1.165) is 73.6 Å².